The van der Waals surface area contributed by atoms with Crippen LogP contribution < -0.4 is 0 Å². The van der Waals surface area contributed by atoms with E-state index in [1.807, 2.05) is 6.92 Å². The van der Waals surface area contributed by atoms with E-state index in [1.54, 1.807) is 24.6 Å². The summed E-state index contributed by atoms with van der Waals surface area (Å²) in [6, 6.07) is 2.89. The van der Waals surface area contributed by atoms with Crippen molar-refractivity contribution in [3.63, 3.8) is 0 Å². The fourth-order valence-electron chi connectivity index (χ4n) is 2.77. The van der Waals surface area contributed by atoms with E-state index >= 15 is 0 Å². The van der Waals surface area contributed by atoms with Gasteiger partial charge in [-0.25, -0.2) is 18.2 Å². The number of carbonyl (C=O) groups excluding carboxylic acids is 2. The van der Waals surface area contributed by atoms with Crippen LogP contribution in [0.4, 0.5) is 0 Å². The molecule has 0 saturated carbocycles. The molecule has 0 bridgehead atoms. The Hall–Kier alpha value is -1.61. The van der Waals surface area contributed by atoms with Gasteiger partial charge in [0.2, 0.25) is 0 Å². The second-order valence-electron chi connectivity index (χ2n) is 5.78. The average Bonchev–Trinajstić information content (AvgIpc) is 2.96. The quantitative estimate of drug-likeness (QED) is 0.516. The highest BCUT2D eigenvalue weighted by molar-refractivity contribution is 7.98. The van der Waals surface area contributed by atoms with Crippen molar-refractivity contribution in [3.8, 4) is 0 Å². The third-order valence-corrected chi connectivity index (χ3v) is 6.41. The molecule has 1 fully saturated rings. The number of thioether (sulfide) groups is 1. The fraction of sp³-hybridized carbons (Fsp3) is 0.562. The molecule has 1 aliphatic rings. The molecule has 0 aromatic carbocycles. The minimum absolute atomic E-state index is 0.0219. The Morgan fingerprint density at radius 1 is 1.44 bits per heavy atom. The van der Waals surface area contributed by atoms with Crippen molar-refractivity contribution in [1.29, 1.82) is 0 Å². The predicted molar refractivity (Wildman–Crippen MR) is 95.4 cm³/mol. The van der Waals surface area contributed by atoms with E-state index in [-0.39, 0.29) is 23.5 Å². The minimum Gasteiger partial charge on any atom is -0.452 e. The lowest BCUT2D eigenvalue weighted by molar-refractivity contribution is -0.136. The van der Waals surface area contributed by atoms with Gasteiger partial charge < -0.3 is 9.64 Å². The molecular weight excluding hydrogens is 364 g/mol. The summed E-state index contributed by atoms with van der Waals surface area (Å²) >= 11 is 1.32. The molecule has 0 unspecified atom stereocenters. The first-order valence-corrected chi connectivity index (χ1v) is 11.1. The Balaban J connectivity index is 2.00. The Morgan fingerprint density at radius 3 is 2.80 bits per heavy atom. The van der Waals surface area contributed by atoms with Crippen LogP contribution in [0.2, 0.25) is 0 Å². The lowest BCUT2D eigenvalue weighted by Gasteiger charge is -2.27. The molecule has 1 amide bonds. The van der Waals surface area contributed by atoms with Crippen molar-refractivity contribution in [3.05, 3.63) is 23.9 Å². The summed E-state index contributed by atoms with van der Waals surface area (Å²) in [4.78, 5) is 30.3. The summed E-state index contributed by atoms with van der Waals surface area (Å²) in [6.07, 6.45) is 4.52. The lowest BCUT2D eigenvalue weighted by atomic mass is 10.2. The predicted octanol–water partition coefficient (Wildman–Crippen LogP) is 1.39. The molecular formula is C16H22N2O5S2. The molecule has 0 N–H and O–H groups in total. The number of carbonyl (C=O) groups is 2. The molecule has 9 heteroatoms. The molecule has 1 atom stereocenters. The Morgan fingerprint density at radius 2 is 2.20 bits per heavy atom. The van der Waals surface area contributed by atoms with Gasteiger partial charge in [-0.2, -0.15) is 0 Å². The third-order valence-electron chi connectivity index (χ3n) is 3.95. The van der Waals surface area contributed by atoms with E-state index in [2.05, 4.69) is 4.98 Å². The molecule has 25 heavy (non-hydrogen) atoms. The van der Waals surface area contributed by atoms with E-state index in [1.165, 1.54) is 16.7 Å². The summed E-state index contributed by atoms with van der Waals surface area (Å²) in [5, 5.41) is 0.534. The maximum absolute atomic E-state index is 12.5. The molecule has 2 rings (SSSR count). The molecule has 0 radical (unpaired) electrons. The zero-order chi connectivity index (χ0) is 18.4. The van der Waals surface area contributed by atoms with Gasteiger partial charge in [0.05, 0.1) is 17.1 Å². The zero-order valence-electron chi connectivity index (χ0n) is 14.3. The number of amides is 1. The Bertz CT molecular complexity index is 736. The van der Waals surface area contributed by atoms with Crippen molar-refractivity contribution < 1.29 is 22.7 Å². The van der Waals surface area contributed by atoms with Crippen LogP contribution in [-0.4, -0.2) is 67.1 Å². The Labute approximate surface area is 152 Å². The number of esters is 1. The third kappa shape index (κ3) is 5.18. The SMILES string of the molecule is CCCN(C(=O)COC(=O)c1cccnc1SC)[C@@H]1CCS(=O)(=O)C1. The smallest absolute Gasteiger partial charge is 0.341 e. The maximum Gasteiger partial charge on any atom is 0.341 e. The molecule has 1 aromatic rings. The van der Waals surface area contributed by atoms with E-state index in [9.17, 15) is 18.0 Å². The van der Waals surface area contributed by atoms with E-state index in [0.29, 0.717) is 30.0 Å². The average molecular weight is 386 g/mol. The normalized spacial score (nSPS) is 18.7. The van der Waals surface area contributed by atoms with Crippen molar-refractivity contribution >= 4 is 33.5 Å². The number of ether oxygens (including phenoxy) is 1. The van der Waals surface area contributed by atoms with Crippen LogP contribution in [0.5, 0.6) is 0 Å². The highest BCUT2D eigenvalue weighted by Gasteiger charge is 2.34. The van der Waals surface area contributed by atoms with Gasteiger partial charge in [-0.05, 0) is 31.2 Å². The number of nitrogens with zero attached hydrogens (tertiary/aromatic N) is 2. The van der Waals surface area contributed by atoms with Crippen molar-refractivity contribution in [1.82, 2.24) is 9.88 Å². The molecule has 2 heterocycles. The number of hydrogen-bond acceptors (Lipinski definition) is 7. The van der Waals surface area contributed by atoms with Crippen LogP contribution in [0.1, 0.15) is 30.1 Å². The fourth-order valence-corrected chi connectivity index (χ4v) is 5.04. The first-order valence-electron chi connectivity index (χ1n) is 8.04. The number of aromatic nitrogens is 1. The standard InChI is InChI=1S/C16H22N2O5S2/c1-3-8-18(12-6-9-25(21,22)11-12)14(19)10-23-16(20)13-5-4-7-17-15(13)24-2/h4-5,7,12H,3,6,8-11H2,1-2H3/t12-/m1/s1. The first kappa shape index (κ1) is 19.7. The molecule has 1 saturated heterocycles. The van der Waals surface area contributed by atoms with Crippen LogP contribution >= 0.6 is 11.8 Å². The molecule has 1 aliphatic heterocycles. The van der Waals surface area contributed by atoms with E-state index < -0.39 is 22.4 Å². The number of hydrogen-bond donors (Lipinski definition) is 0. The van der Waals surface area contributed by atoms with Gasteiger partial charge in [0.15, 0.2) is 16.4 Å². The molecule has 0 spiro atoms. The second kappa shape index (κ2) is 8.66. The highest BCUT2D eigenvalue weighted by Crippen LogP contribution is 2.20. The van der Waals surface area contributed by atoms with E-state index in [0.717, 1.165) is 0 Å². The van der Waals surface area contributed by atoms with Gasteiger partial charge in [0.1, 0.15) is 5.03 Å². The zero-order valence-corrected chi connectivity index (χ0v) is 15.9. The highest BCUT2D eigenvalue weighted by atomic mass is 32.2. The first-order chi connectivity index (χ1) is 11.9. The monoisotopic (exact) mass is 386 g/mol. The van der Waals surface area contributed by atoms with Crippen LogP contribution in [-0.2, 0) is 19.4 Å². The summed E-state index contributed by atoms with van der Waals surface area (Å²) in [7, 11) is -3.09. The minimum atomic E-state index is -3.09. The van der Waals surface area contributed by atoms with Crippen LogP contribution in [0.15, 0.2) is 23.4 Å². The van der Waals surface area contributed by atoms with Gasteiger partial charge in [0.25, 0.3) is 5.91 Å². The van der Waals surface area contributed by atoms with Crippen LogP contribution in [0.25, 0.3) is 0 Å². The van der Waals surface area contributed by atoms with Gasteiger partial charge in [-0.1, -0.05) is 6.92 Å². The largest absolute Gasteiger partial charge is 0.452 e. The summed E-state index contributed by atoms with van der Waals surface area (Å²) in [5.74, 6) is -0.905. The molecule has 138 valence electrons. The molecule has 7 nitrogen and oxygen atoms in total. The Kier molecular flexibility index (Phi) is 6.83. The summed E-state index contributed by atoms with van der Waals surface area (Å²) < 4.78 is 28.5. The second-order valence-corrected chi connectivity index (χ2v) is 8.80. The molecule has 1 aromatic heterocycles. The van der Waals surface area contributed by atoms with Crippen molar-refractivity contribution in [2.75, 3.05) is 30.9 Å². The van der Waals surface area contributed by atoms with Gasteiger partial charge >= 0.3 is 5.97 Å². The summed E-state index contributed by atoms with van der Waals surface area (Å²) in [5.41, 5.74) is 0.313. The van der Waals surface area contributed by atoms with Gasteiger partial charge in [0, 0.05) is 18.8 Å². The topological polar surface area (TPSA) is 93.6 Å². The van der Waals surface area contributed by atoms with Gasteiger partial charge in [-0.3, -0.25) is 4.79 Å². The lowest BCUT2D eigenvalue weighted by Crippen LogP contribution is -2.43. The van der Waals surface area contributed by atoms with Crippen LogP contribution in [0.3, 0.4) is 0 Å². The van der Waals surface area contributed by atoms with E-state index in [4.69, 9.17) is 4.74 Å². The number of sulfone groups is 1. The summed E-state index contributed by atoms with van der Waals surface area (Å²) in [6.45, 7) is 1.95. The van der Waals surface area contributed by atoms with Crippen molar-refractivity contribution in [2.24, 2.45) is 0 Å². The molecule has 0 aliphatic carbocycles. The van der Waals surface area contributed by atoms with Gasteiger partial charge in [-0.15, -0.1) is 11.8 Å². The number of pyridine rings is 1. The number of rotatable bonds is 7. The van der Waals surface area contributed by atoms with Crippen molar-refractivity contribution in [2.45, 2.75) is 30.8 Å². The maximum atomic E-state index is 12.5. The van der Waals surface area contributed by atoms with Crippen LogP contribution in [0, 0.1) is 0 Å².